The van der Waals surface area contributed by atoms with Gasteiger partial charge in [-0.2, -0.15) is 0 Å². The molecule has 0 spiro atoms. The van der Waals surface area contributed by atoms with Gasteiger partial charge in [0.2, 0.25) is 0 Å². The van der Waals surface area contributed by atoms with Crippen molar-refractivity contribution < 1.29 is 0 Å². The third-order valence-electron chi connectivity index (χ3n) is 3.09. The van der Waals surface area contributed by atoms with Crippen LogP contribution in [0.1, 0.15) is 24.0 Å². The summed E-state index contributed by atoms with van der Waals surface area (Å²) in [5.74, 6) is 1.13. The fraction of sp³-hybridized carbons (Fsp3) is 0.286. The van der Waals surface area contributed by atoms with Gasteiger partial charge in [0.05, 0.1) is 17.6 Å². The quantitative estimate of drug-likeness (QED) is 0.794. The largest absolute Gasteiger partial charge is 0.375 e. The van der Waals surface area contributed by atoms with E-state index in [2.05, 4.69) is 34.7 Å². The number of imidazole rings is 1. The summed E-state index contributed by atoms with van der Waals surface area (Å²) in [5.41, 5.74) is 7.94. The van der Waals surface area contributed by atoms with E-state index < -0.39 is 0 Å². The number of hydrogen-bond acceptors (Lipinski definition) is 4. The van der Waals surface area contributed by atoms with E-state index in [0.717, 1.165) is 35.6 Å². The molecular formula is C14H16N4S. The summed E-state index contributed by atoms with van der Waals surface area (Å²) in [5, 5.41) is 0.622. The molecular weight excluding hydrogens is 256 g/mol. The van der Waals surface area contributed by atoms with Crippen LogP contribution < -0.4 is 5.73 Å². The van der Waals surface area contributed by atoms with Crippen molar-refractivity contribution in [1.82, 2.24) is 14.5 Å². The molecule has 19 heavy (non-hydrogen) atoms. The fourth-order valence-electron chi connectivity index (χ4n) is 2.27. The molecule has 0 unspecified atom stereocenters. The molecule has 2 heterocycles. The number of nitrogen functional groups attached to an aromatic ring is 1. The van der Waals surface area contributed by atoms with Crippen LogP contribution in [-0.2, 0) is 13.0 Å². The number of aryl methyl sites for hydroxylation is 1. The SMILES string of the molecule is CCCc1nc2ccccc2n1Cc1cnc(N)s1. The molecule has 0 amide bonds. The van der Waals surface area contributed by atoms with E-state index >= 15 is 0 Å². The van der Waals surface area contributed by atoms with E-state index in [9.17, 15) is 0 Å². The average molecular weight is 272 g/mol. The third kappa shape index (κ3) is 2.33. The highest BCUT2D eigenvalue weighted by molar-refractivity contribution is 7.15. The van der Waals surface area contributed by atoms with E-state index in [1.54, 1.807) is 0 Å². The zero-order valence-electron chi connectivity index (χ0n) is 10.8. The van der Waals surface area contributed by atoms with E-state index in [4.69, 9.17) is 10.7 Å². The lowest BCUT2D eigenvalue weighted by atomic mass is 10.3. The lowest BCUT2D eigenvalue weighted by Gasteiger charge is -2.06. The van der Waals surface area contributed by atoms with Gasteiger partial charge in [0.25, 0.3) is 0 Å². The number of nitrogens with zero attached hydrogens (tertiary/aromatic N) is 3. The van der Waals surface area contributed by atoms with Crippen LogP contribution >= 0.6 is 11.3 Å². The van der Waals surface area contributed by atoms with Gasteiger partial charge in [0, 0.05) is 17.5 Å². The van der Waals surface area contributed by atoms with Crippen LogP contribution in [0.15, 0.2) is 30.5 Å². The maximum absolute atomic E-state index is 5.70. The van der Waals surface area contributed by atoms with E-state index in [1.807, 2.05) is 12.3 Å². The van der Waals surface area contributed by atoms with Crippen LogP contribution in [0, 0.1) is 0 Å². The zero-order valence-corrected chi connectivity index (χ0v) is 11.7. The lowest BCUT2D eigenvalue weighted by molar-refractivity contribution is 0.727. The van der Waals surface area contributed by atoms with Crippen molar-refractivity contribution in [1.29, 1.82) is 0 Å². The second kappa shape index (κ2) is 5.01. The second-order valence-corrected chi connectivity index (χ2v) is 5.66. The summed E-state index contributed by atoms with van der Waals surface area (Å²) >= 11 is 1.54. The van der Waals surface area contributed by atoms with Gasteiger partial charge in [0.1, 0.15) is 5.82 Å². The molecule has 4 nitrogen and oxygen atoms in total. The molecule has 3 rings (SSSR count). The minimum absolute atomic E-state index is 0.622. The number of anilines is 1. The summed E-state index contributed by atoms with van der Waals surface area (Å²) in [7, 11) is 0. The van der Waals surface area contributed by atoms with Gasteiger partial charge in [-0.15, -0.1) is 11.3 Å². The summed E-state index contributed by atoms with van der Waals surface area (Å²) in [6, 6.07) is 8.26. The molecule has 1 aromatic carbocycles. The van der Waals surface area contributed by atoms with Crippen molar-refractivity contribution in [3.63, 3.8) is 0 Å². The monoisotopic (exact) mass is 272 g/mol. The Balaban J connectivity index is 2.06. The molecule has 3 aromatic rings. The van der Waals surface area contributed by atoms with Gasteiger partial charge in [-0.05, 0) is 18.6 Å². The van der Waals surface area contributed by atoms with E-state index in [-0.39, 0.29) is 0 Å². The molecule has 0 saturated carbocycles. The molecule has 5 heteroatoms. The van der Waals surface area contributed by atoms with Crippen LogP contribution in [-0.4, -0.2) is 14.5 Å². The number of hydrogen-bond donors (Lipinski definition) is 1. The van der Waals surface area contributed by atoms with Gasteiger partial charge in [0.15, 0.2) is 5.13 Å². The highest BCUT2D eigenvalue weighted by Gasteiger charge is 2.11. The van der Waals surface area contributed by atoms with Crippen molar-refractivity contribution in [2.24, 2.45) is 0 Å². The summed E-state index contributed by atoms with van der Waals surface area (Å²) in [6.07, 6.45) is 3.93. The van der Waals surface area contributed by atoms with Crippen molar-refractivity contribution in [3.8, 4) is 0 Å². The first-order chi connectivity index (χ1) is 9.28. The molecule has 0 fully saturated rings. The Labute approximate surface area is 115 Å². The topological polar surface area (TPSA) is 56.7 Å². The first-order valence-corrected chi connectivity index (χ1v) is 7.24. The minimum Gasteiger partial charge on any atom is -0.375 e. The van der Waals surface area contributed by atoms with Crippen LogP contribution in [0.2, 0.25) is 0 Å². The Hall–Kier alpha value is -1.88. The molecule has 0 aliphatic carbocycles. The maximum Gasteiger partial charge on any atom is 0.180 e. The Morgan fingerprint density at radius 3 is 2.89 bits per heavy atom. The molecule has 0 atom stereocenters. The number of nitrogens with two attached hydrogens (primary N) is 1. The predicted molar refractivity (Wildman–Crippen MR) is 79.4 cm³/mol. The van der Waals surface area contributed by atoms with Crippen LogP contribution in [0.5, 0.6) is 0 Å². The van der Waals surface area contributed by atoms with Crippen molar-refractivity contribution in [2.45, 2.75) is 26.3 Å². The fourth-order valence-corrected chi connectivity index (χ4v) is 2.94. The molecule has 0 saturated heterocycles. The molecule has 98 valence electrons. The molecule has 0 aliphatic rings. The van der Waals surface area contributed by atoms with E-state index in [0.29, 0.717) is 5.13 Å². The highest BCUT2D eigenvalue weighted by Crippen LogP contribution is 2.22. The maximum atomic E-state index is 5.70. The molecule has 2 aromatic heterocycles. The third-order valence-corrected chi connectivity index (χ3v) is 3.90. The minimum atomic E-state index is 0.622. The molecule has 2 N–H and O–H groups in total. The van der Waals surface area contributed by atoms with Gasteiger partial charge < -0.3 is 10.3 Å². The summed E-state index contributed by atoms with van der Waals surface area (Å²) in [4.78, 5) is 10.0. The molecule has 0 radical (unpaired) electrons. The Bertz CT molecular complexity index is 698. The van der Waals surface area contributed by atoms with Crippen molar-refractivity contribution in [3.05, 3.63) is 41.2 Å². The standard InChI is InChI=1S/C14H16N4S/c1-2-5-13-17-11-6-3-4-7-12(11)18(13)9-10-8-16-14(15)19-10/h3-4,6-8H,2,5,9H2,1H3,(H2,15,16). The van der Waals surface area contributed by atoms with Crippen molar-refractivity contribution >= 4 is 27.5 Å². The summed E-state index contributed by atoms with van der Waals surface area (Å²) < 4.78 is 2.27. The van der Waals surface area contributed by atoms with Gasteiger partial charge in [-0.25, -0.2) is 9.97 Å². The number of thiazole rings is 1. The second-order valence-electron chi connectivity index (χ2n) is 4.52. The van der Waals surface area contributed by atoms with Crippen LogP contribution in [0.4, 0.5) is 5.13 Å². The first-order valence-electron chi connectivity index (χ1n) is 6.42. The molecule has 0 bridgehead atoms. The smallest absolute Gasteiger partial charge is 0.180 e. The predicted octanol–water partition coefficient (Wildman–Crippen LogP) is 3.08. The van der Waals surface area contributed by atoms with Gasteiger partial charge >= 0.3 is 0 Å². The first kappa shape index (κ1) is 12.2. The average Bonchev–Trinajstić information content (AvgIpc) is 2.96. The number of rotatable bonds is 4. The number of benzene rings is 1. The number of aromatic nitrogens is 3. The zero-order chi connectivity index (χ0) is 13.2. The van der Waals surface area contributed by atoms with Gasteiger partial charge in [-0.1, -0.05) is 19.1 Å². The highest BCUT2D eigenvalue weighted by atomic mass is 32.1. The normalized spacial score (nSPS) is 11.2. The van der Waals surface area contributed by atoms with Crippen molar-refractivity contribution in [2.75, 3.05) is 5.73 Å². The Morgan fingerprint density at radius 1 is 1.32 bits per heavy atom. The lowest BCUT2D eigenvalue weighted by Crippen LogP contribution is -2.03. The van der Waals surface area contributed by atoms with Crippen LogP contribution in [0.25, 0.3) is 11.0 Å². The van der Waals surface area contributed by atoms with Crippen LogP contribution in [0.3, 0.4) is 0 Å². The number of fused-ring (bicyclic) bond motifs is 1. The van der Waals surface area contributed by atoms with E-state index in [1.165, 1.54) is 16.9 Å². The number of para-hydroxylation sites is 2. The Morgan fingerprint density at radius 2 is 2.16 bits per heavy atom. The Kier molecular flexibility index (Phi) is 3.21. The summed E-state index contributed by atoms with van der Waals surface area (Å²) in [6.45, 7) is 2.97. The van der Waals surface area contributed by atoms with Gasteiger partial charge in [-0.3, -0.25) is 0 Å². The molecule has 0 aliphatic heterocycles.